The standard InChI is InChI=1S/C19H28N2O4/c1-18(2,3)16(23)20-12-8-11-15(22)21-13-19(4,17(24)25)14-9-6-5-7-10-14/h5-7,9-10H,8,11-13H2,1-4H3,(H,20,23)(H,21,22)(H,24,25). The normalized spacial score (nSPS) is 13.6. The van der Waals surface area contributed by atoms with Gasteiger partial charge in [0.05, 0.1) is 0 Å². The van der Waals surface area contributed by atoms with E-state index in [1.54, 1.807) is 31.2 Å². The molecule has 0 saturated heterocycles. The monoisotopic (exact) mass is 348 g/mol. The first-order chi connectivity index (χ1) is 11.6. The van der Waals surface area contributed by atoms with E-state index >= 15 is 0 Å². The van der Waals surface area contributed by atoms with Gasteiger partial charge in [0.2, 0.25) is 11.8 Å². The molecule has 0 aliphatic carbocycles. The number of carbonyl (C=O) groups excluding carboxylic acids is 2. The van der Waals surface area contributed by atoms with Gasteiger partial charge in [-0.1, -0.05) is 51.1 Å². The Morgan fingerprint density at radius 1 is 1.00 bits per heavy atom. The molecule has 0 aliphatic rings. The first kappa shape index (κ1) is 20.7. The maximum absolute atomic E-state index is 12.0. The van der Waals surface area contributed by atoms with Crippen LogP contribution in [0.4, 0.5) is 0 Å². The molecule has 25 heavy (non-hydrogen) atoms. The quantitative estimate of drug-likeness (QED) is 0.627. The summed E-state index contributed by atoms with van der Waals surface area (Å²) >= 11 is 0. The van der Waals surface area contributed by atoms with E-state index in [4.69, 9.17) is 0 Å². The molecule has 0 aliphatic heterocycles. The fourth-order valence-corrected chi connectivity index (χ4v) is 2.19. The van der Waals surface area contributed by atoms with Crippen molar-refractivity contribution in [3.05, 3.63) is 35.9 Å². The van der Waals surface area contributed by atoms with Crippen LogP contribution in [0.3, 0.4) is 0 Å². The molecule has 3 N–H and O–H groups in total. The van der Waals surface area contributed by atoms with E-state index in [9.17, 15) is 19.5 Å². The van der Waals surface area contributed by atoms with Crippen molar-refractivity contribution in [2.45, 2.75) is 46.0 Å². The van der Waals surface area contributed by atoms with Gasteiger partial charge in [-0.25, -0.2) is 0 Å². The highest BCUT2D eigenvalue weighted by atomic mass is 16.4. The van der Waals surface area contributed by atoms with Crippen molar-refractivity contribution in [2.75, 3.05) is 13.1 Å². The highest BCUT2D eigenvalue weighted by Gasteiger charge is 2.35. The van der Waals surface area contributed by atoms with Crippen LogP contribution >= 0.6 is 0 Å². The summed E-state index contributed by atoms with van der Waals surface area (Å²) in [6.07, 6.45) is 0.734. The fraction of sp³-hybridized carbons (Fsp3) is 0.526. The molecule has 6 nitrogen and oxygen atoms in total. The number of benzene rings is 1. The first-order valence-corrected chi connectivity index (χ1v) is 8.41. The lowest BCUT2D eigenvalue weighted by Gasteiger charge is -2.25. The van der Waals surface area contributed by atoms with Gasteiger partial charge >= 0.3 is 5.97 Å². The Bertz CT molecular complexity index is 608. The number of hydrogen-bond acceptors (Lipinski definition) is 3. The van der Waals surface area contributed by atoms with Gasteiger partial charge in [-0.15, -0.1) is 0 Å². The molecule has 0 bridgehead atoms. The number of nitrogens with one attached hydrogen (secondary N) is 2. The molecular weight excluding hydrogens is 320 g/mol. The van der Waals surface area contributed by atoms with Gasteiger partial charge in [0.25, 0.3) is 0 Å². The van der Waals surface area contributed by atoms with Crippen LogP contribution in [-0.4, -0.2) is 36.0 Å². The third-order valence-electron chi connectivity index (χ3n) is 4.07. The zero-order valence-corrected chi connectivity index (χ0v) is 15.4. The Morgan fingerprint density at radius 2 is 1.60 bits per heavy atom. The van der Waals surface area contributed by atoms with Gasteiger partial charge in [0.1, 0.15) is 5.41 Å². The van der Waals surface area contributed by atoms with Crippen molar-refractivity contribution in [1.29, 1.82) is 0 Å². The predicted molar refractivity (Wildman–Crippen MR) is 96.1 cm³/mol. The second kappa shape index (κ2) is 8.65. The van der Waals surface area contributed by atoms with Crippen molar-refractivity contribution >= 4 is 17.8 Å². The number of aliphatic carboxylic acids is 1. The number of carbonyl (C=O) groups is 3. The maximum Gasteiger partial charge on any atom is 0.315 e. The van der Waals surface area contributed by atoms with Crippen molar-refractivity contribution in [1.82, 2.24) is 10.6 Å². The van der Waals surface area contributed by atoms with Crippen LogP contribution in [0.25, 0.3) is 0 Å². The summed E-state index contributed by atoms with van der Waals surface area (Å²) in [5.74, 6) is -1.28. The van der Waals surface area contributed by atoms with Crippen LogP contribution in [0.2, 0.25) is 0 Å². The smallest absolute Gasteiger partial charge is 0.315 e. The third kappa shape index (κ3) is 6.21. The summed E-state index contributed by atoms with van der Waals surface area (Å²) < 4.78 is 0. The summed E-state index contributed by atoms with van der Waals surface area (Å²) in [6.45, 7) is 7.49. The molecule has 0 saturated carbocycles. The molecule has 138 valence electrons. The van der Waals surface area contributed by atoms with Gasteiger partial charge in [-0.3, -0.25) is 14.4 Å². The number of hydrogen-bond donors (Lipinski definition) is 3. The van der Waals surface area contributed by atoms with E-state index < -0.39 is 16.8 Å². The molecule has 1 atom stereocenters. The molecule has 1 rings (SSSR count). The van der Waals surface area contributed by atoms with E-state index in [1.165, 1.54) is 0 Å². The molecule has 0 radical (unpaired) electrons. The number of carboxylic acid groups (broad SMARTS) is 1. The molecule has 1 aromatic rings. The minimum atomic E-state index is -1.18. The van der Waals surface area contributed by atoms with E-state index in [2.05, 4.69) is 10.6 Å². The van der Waals surface area contributed by atoms with Crippen LogP contribution in [0.5, 0.6) is 0 Å². The lowest BCUT2D eigenvalue weighted by atomic mass is 9.82. The Morgan fingerprint density at radius 3 is 2.12 bits per heavy atom. The summed E-state index contributed by atoms with van der Waals surface area (Å²) in [5.41, 5.74) is -1.00. The second-order valence-corrected chi connectivity index (χ2v) is 7.39. The average Bonchev–Trinajstić information content (AvgIpc) is 2.56. The highest BCUT2D eigenvalue weighted by molar-refractivity contribution is 5.83. The van der Waals surface area contributed by atoms with E-state index in [1.807, 2.05) is 26.8 Å². The molecule has 2 amide bonds. The second-order valence-electron chi connectivity index (χ2n) is 7.39. The fourth-order valence-electron chi connectivity index (χ4n) is 2.19. The summed E-state index contributed by atoms with van der Waals surface area (Å²) in [5, 5.41) is 15.0. The van der Waals surface area contributed by atoms with Crippen molar-refractivity contribution in [3.8, 4) is 0 Å². The Hall–Kier alpha value is -2.37. The topological polar surface area (TPSA) is 95.5 Å². The van der Waals surface area contributed by atoms with Crippen molar-refractivity contribution in [2.24, 2.45) is 5.41 Å². The molecular formula is C19H28N2O4. The van der Waals surface area contributed by atoms with E-state index in [0.29, 0.717) is 18.5 Å². The molecule has 6 heteroatoms. The minimum absolute atomic E-state index is 0.0134. The molecule has 1 unspecified atom stereocenters. The van der Waals surface area contributed by atoms with Gasteiger partial charge < -0.3 is 15.7 Å². The number of carboxylic acids is 1. The molecule has 1 aromatic carbocycles. The van der Waals surface area contributed by atoms with E-state index in [-0.39, 0.29) is 24.8 Å². The van der Waals surface area contributed by atoms with Gasteiger partial charge in [-0.05, 0) is 18.9 Å². The summed E-state index contributed by atoms with van der Waals surface area (Å²) in [7, 11) is 0. The molecule has 0 aromatic heterocycles. The van der Waals surface area contributed by atoms with Crippen LogP contribution in [0.1, 0.15) is 46.1 Å². The average molecular weight is 348 g/mol. The largest absolute Gasteiger partial charge is 0.481 e. The Labute approximate surface area is 149 Å². The van der Waals surface area contributed by atoms with Crippen molar-refractivity contribution < 1.29 is 19.5 Å². The predicted octanol–water partition coefficient (Wildman–Crippen LogP) is 2.09. The first-order valence-electron chi connectivity index (χ1n) is 8.41. The van der Waals surface area contributed by atoms with Gasteiger partial charge in [0, 0.05) is 24.9 Å². The molecule has 0 fully saturated rings. The van der Waals surface area contributed by atoms with Crippen LogP contribution < -0.4 is 10.6 Å². The van der Waals surface area contributed by atoms with Gasteiger partial charge in [-0.2, -0.15) is 0 Å². The maximum atomic E-state index is 12.0. The number of rotatable bonds is 8. The lowest BCUT2D eigenvalue weighted by Crippen LogP contribution is -2.44. The summed E-state index contributed by atoms with van der Waals surface area (Å²) in [6, 6.07) is 8.84. The van der Waals surface area contributed by atoms with Crippen LogP contribution in [0.15, 0.2) is 30.3 Å². The Kier molecular flexibility index (Phi) is 7.15. The van der Waals surface area contributed by atoms with Crippen LogP contribution in [0, 0.1) is 5.41 Å². The Balaban J connectivity index is 2.46. The van der Waals surface area contributed by atoms with Crippen LogP contribution in [-0.2, 0) is 19.8 Å². The number of amides is 2. The highest BCUT2D eigenvalue weighted by Crippen LogP contribution is 2.23. The minimum Gasteiger partial charge on any atom is -0.481 e. The molecule has 0 heterocycles. The van der Waals surface area contributed by atoms with Gasteiger partial charge in [0.15, 0.2) is 0 Å². The summed E-state index contributed by atoms with van der Waals surface area (Å²) in [4.78, 5) is 35.4. The third-order valence-corrected chi connectivity index (χ3v) is 4.07. The van der Waals surface area contributed by atoms with Crippen molar-refractivity contribution in [3.63, 3.8) is 0 Å². The SMILES string of the molecule is CC(C)(C)C(=O)NCCCC(=O)NCC(C)(C(=O)O)c1ccccc1. The zero-order valence-electron chi connectivity index (χ0n) is 15.4. The van der Waals surface area contributed by atoms with E-state index in [0.717, 1.165) is 0 Å². The lowest BCUT2D eigenvalue weighted by molar-refractivity contribution is -0.143. The zero-order chi connectivity index (χ0) is 19.1. The molecule has 0 spiro atoms.